The second-order valence-electron chi connectivity index (χ2n) is 8.46. The quantitative estimate of drug-likeness (QED) is 0.830. The van der Waals surface area contributed by atoms with Crippen LogP contribution in [-0.2, 0) is 16.1 Å². The van der Waals surface area contributed by atoms with Crippen LogP contribution >= 0.6 is 0 Å². The maximum absolute atomic E-state index is 12.5. The maximum atomic E-state index is 12.5. The Hall–Kier alpha value is -2.08. The average molecular weight is 373 g/mol. The predicted molar refractivity (Wildman–Crippen MR) is 105 cm³/mol. The van der Waals surface area contributed by atoms with Gasteiger partial charge in [0.25, 0.3) is 0 Å². The second-order valence-corrected chi connectivity index (χ2v) is 8.46. The molecule has 0 bridgehead atoms. The minimum Gasteiger partial charge on any atom is -0.444 e. The molecule has 2 amide bonds. The number of hydrogen-bond donors (Lipinski definition) is 1. The Morgan fingerprint density at radius 3 is 2.48 bits per heavy atom. The van der Waals surface area contributed by atoms with Crippen LogP contribution in [0.2, 0.25) is 0 Å². The number of nitrogens with zero attached hydrogens (tertiary/aromatic N) is 2. The number of carbonyl (C=O) groups is 2. The van der Waals surface area contributed by atoms with Crippen LogP contribution in [0.5, 0.6) is 0 Å². The lowest BCUT2D eigenvalue weighted by Gasteiger charge is -2.27. The number of amides is 2. The summed E-state index contributed by atoms with van der Waals surface area (Å²) >= 11 is 0. The van der Waals surface area contributed by atoms with Crippen LogP contribution in [0.3, 0.4) is 0 Å². The first-order chi connectivity index (χ1) is 12.8. The lowest BCUT2D eigenvalue weighted by Crippen LogP contribution is -2.34. The van der Waals surface area contributed by atoms with E-state index in [4.69, 9.17) is 10.5 Å². The van der Waals surface area contributed by atoms with Crippen LogP contribution in [0.4, 0.5) is 10.5 Å². The first-order valence-corrected chi connectivity index (χ1v) is 9.92. The molecule has 2 heterocycles. The zero-order valence-electron chi connectivity index (χ0n) is 16.4. The number of benzene rings is 1. The molecule has 1 aromatic carbocycles. The Bertz CT molecular complexity index is 666. The minimum atomic E-state index is -0.773. The van der Waals surface area contributed by atoms with Crippen molar-refractivity contribution in [3.63, 3.8) is 0 Å². The lowest BCUT2D eigenvalue weighted by molar-refractivity contribution is -0.117. The van der Waals surface area contributed by atoms with Gasteiger partial charge in [0.05, 0.1) is 0 Å². The van der Waals surface area contributed by atoms with E-state index in [2.05, 4.69) is 17.0 Å². The van der Waals surface area contributed by atoms with Gasteiger partial charge in [0, 0.05) is 25.2 Å². The fourth-order valence-corrected chi connectivity index (χ4v) is 4.33. The van der Waals surface area contributed by atoms with E-state index >= 15 is 0 Å². The van der Waals surface area contributed by atoms with Crippen molar-refractivity contribution in [3.8, 4) is 0 Å². The van der Waals surface area contributed by atoms with Gasteiger partial charge in [0.1, 0.15) is 5.60 Å². The highest BCUT2D eigenvalue weighted by molar-refractivity contribution is 5.95. The summed E-state index contributed by atoms with van der Waals surface area (Å²) in [6, 6.07) is 8.35. The Kier molecular flexibility index (Phi) is 6.05. The van der Waals surface area contributed by atoms with Crippen molar-refractivity contribution in [2.75, 3.05) is 24.5 Å². The SMILES string of the molecule is CC(C)(C[C@@H]1CC(=O)N(c2ccc(CN3CCCCC3)cc2)C1)OC(N)=O. The molecule has 3 rings (SSSR count). The standard InChI is InChI=1S/C21H31N3O3/c1-21(2,27-20(22)26)13-17-12-19(25)24(15-17)18-8-6-16(7-9-18)14-23-10-4-3-5-11-23/h6-9,17H,3-5,10-15H2,1-2H3,(H2,22,26)/t17-/m0/s1. The summed E-state index contributed by atoms with van der Waals surface area (Å²) in [6.07, 6.45) is 4.24. The molecule has 6 nitrogen and oxygen atoms in total. The fourth-order valence-electron chi connectivity index (χ4n) is 4.33. The third-order valence-electron chi connectivity index (χ3n) is 5.47. The third-order valence-corrected chi connectivity index (χ3v) is 5.47. The monoisotopic (exact) mass is 373 g/mol. The van der Waals surface area contributed by atoms with E-state index in [1.165, 1.54) is 37.9 Å². The Morgan fingerprint density at radius 1 is 1.19 bits per heavy atom. The summed E-state index contributed by atoms with van der Waals surface area (Å²) < 4.78 is 5.17. The topological polar surface area (TPSA) is 75.9 Å². The molecule has 2 N–H and O–H groups in total. The van der Waals surface area contributed by atoms with Crippen molar-refractivity contribution in [3.05, 3.63) is 29.8 Å². The highest BCUT2D eigenvalue weighted by Crippen LogP contribution is 2.31. The molecule has 0 radical (unpaired) electrons. The largest absolute Gasteiger partial charge is 0.444 e. The molecule has 0 saturated carbocycles. The normalized spacial score (nSPS) is 21.5. The van der Waals surface area contributed by atoms with Gasteiger partial charge in [0.15, 0.2) is 0 Å². The molecule has 27 heavy (non-hydrogen) atoms. The van der Waals surface area contributed by atoms with Gasteiger partial charge in [-0.1, -0.05) is 18.6 Å². The summed E-state index contributed by atoms with van der Waals surface area (Å²) in [6.45, 7) is 7.65. The molecule has 0 spiro atoms. The minimum absolute atomic E-state index is 0.124. The number of rotatable bonds is 6. The van der Waals surface area contributed by atoms with E-state index in [0.717, 1.165) is 12.2 Å². The highest BCUT2D eigenvalue weighted by Gasteiger charge is 2.35. The summed E-state index contributed by atoms with van der Waals surface area (Å²) in [5.74, 6) is 0.276. The highest BCUT2D eigenvalue weighted by atomic mass is 16.6. The molecular formula is C21H31N3O3. The zero-order valence-corrected chi connectivity index (χ0v) is 16.4. The number of carbonyl (C=O) groups excluding carboxylic acids is 2. The Labute approximate surface area is 161 Å². The lowest BCUT2D eigenvalue weighted by atomic mass is 9.92. The molecule has 148 valence electrons. The molecule has 2 aliphatic heterocycles. The van der Waals surface area contributed by atoms with E-state index in [0.29, 0.717) is 19.4 Å². The van der Waals surface area contributed by atoms with Crippen LogP contribution in [0.15, 0.2) is 24.3 Å². The molecule has 6 heteroatoms. The Balaban J connectivity index is 1.57. The van der Waals surface area contributed by atoms with Crippen molar-refractivity contribution in [1.29, 1.82) is 0 Å². The van der Waals surface area contributed by atoms with E-state index in [-0.39, 0.29) is 11.8 Å². The first-order valence-electron chi connectivity index (χ1n) is 9.92. The molecule has 2 fully saturated rings. The molecular weight excluding hydrogens is 342 g/mol. The Morgan fingerprint density at radius 2 is 1.85 bits per heavy atom. The summed E-state index contributed by atoms with van der Waals surface area (Å²) in [5.41, 5.74) is 6.71. The molecule has 0 aromatic heterocycles. The number of piperidine rings is 1. The van der Waals surface area contributed by atoms with E-state index in [1.54, 1.807) is 0 Å². The van der Waals surface area contributed by atoms with Gasteiger partial charge in [0.2, 0.25) is 5.91 Å². The van der Waals surface area contributed by atoms with Gasteiger partial charge < -0.3 is 15.4 Å². The maximum Gasteiger partial charge on any atom is 0.405 e. The van der Waals surface area contributed by atoms with Crippen LogP contribution < -0.4 is 10.6 Å². The number of hydrogen-bond acceptors (Lipinski definition) is 4. The van der Waals surface area contributed by atoms with Crippen molar-refractivity contribution in [2.45, 2.75) is 58.1 Å². The van der Waals surface area contributed by atoms with Gasteiger partial charge in [-0.3, -0.25) is 9.69 Å². The summed E-state index contributed by atoms with van der Waals surface area (Å²) in [4.78, 5) is 27.9. The predicted octanol–water partition coefficient (Wildman–Crippen LogP) is 3.29. The van der Waals surface area contributed by atoms with Gasteiger partial charge >= 0.3 is 6.09 Å². The van der Waals surface area contributed by atoms with Crippen LogP contribution in [0.1, 0.15) is 51.5 Å². The first kappa shape index (κ1) is 19.7. The van der Waals surface area contributed by atoms with Crippen LogP contribution in [0, 0.1) is 5.92 Å². The average Bonchev–Trinajstić information content (AvgIpc) is 2.94. The molecule has 0 unspecified atom stereocenters. The van der Waals surface area contributed by atoms with Gasteiger partial charge in [-0.2, -0.15) is 0 Å². The van der Waals surface area contributed by atoms with Crippen LogP contribution in [0.25, 0.3) is 0 Å². The molecule has 1 atom stereocenters. The zero-order chi connectivity index (χ0) is 19.4. The van der Waals surface area contributed by atoms with E-state index in [1.807, 2.05) is 30.9 Å². The molecule has 0 aliphatic carbocycles. The van der Waals surface area contributed by atoms with Gasteiger partial charge in [-0.05, 0) is 69.8 Å². The number of likely N-dealkylation sites (tertiary alicyclic amines) is 1. The summed E-state index contributed by atoms with van der Waals surface area (Å²) in [5, 5.41) is 0. The molecule has 2 saturated heterocycles. The van der Waals surface area contributed by atoms with E-state index < -0.39 is 11.7 Å². The van der Waals surface area contributed by atoms with Gasteiger partial charge in [-0.15, -0.1) is 0 Å². The van der Waals surface area contributed by atoms with Crippen LogP contribution in [-0.4, -0.2) is 42.1 Å². The van der Waals surface area contributed by atoms with Gasteiger partial charge in [-0.25, -0.2) is 4.79 Å². The van der Waals surface area contributed by atoms with E-state index in [9.17, 15) is 9.59 Å². The number of anilines is 1. The third kappa shape index (κ3) is 5.45. The number of nitrogens with two attached hydrogens (primary N) is 1. The molecule has 2 aliphatic rings. The van der Waals surface area contributed by atoms with Crippen molar-refractivity contribution >= 4 is 17.7 Å². The number of ether oxygens (including phenoxy) is 1. The smallest absolute Gasteiger partial charge is 0.405 e. The number of primary amides is 1. The van der Waals surface area contributed by atoms with Crippen molar-refractivity contribution < 1.29 is 14.3 Å². The summed E-state index contributed by atoms with van der Waals surface area (Å²) in [7, 11) is 0. The van der Waals surface area contributed by atoms with Crippen molar-refractivity contribution in [2.24, 2.45) is 11.7 Å². The second kappa shape index (κ2) is 8.30. The van der Waals surface area contributed by atoms with Crippen molar-refractivity contribution in [1.82, 2.24) is 4.90 Å². The fraction of sp³-hybridized carbons (Fsp3) is 0.619. The molecule has 1 aromatic rings.